The summed E-state index contributed by atoms with van der Waals surface area (Å²) in [5, 5.41) is 10.7. The predicted molar refractivity (Wildman–Crippen MR) is 58.3 cm³/mol. The second-order valence-electron chi connectivity index (χ2n) is 3.52. The van der Waals surface area contributed by atoms with E-state index in [0.717, 1.165) is 0 Å². The molecule has 0 saturated carbocycles. The Hall–Kier alpha value is -1.99. The number of rotatable bonds is 5. The number of anilines is 1. The number of nitro benzene ring substituents is 1. The van der Waals surface area contributed by atoms with Gasteiger partial charge in [-0.25, -0.2) is 0 Å². The Balaban J connectivity index is 2.63. The number of nitro groups is 1. The molecule has 0 aromatic heterocycles. The van der Waals surface area contributed by atoms with Crippen molar-refractivity contribution in [2.24, 2.45) is 0 Å². The monoisotopic (exact) mass is 264 g/mol. The summed E-state index contributed by atoms with van der Waals surface area (Å²) in [5.74, 6) is -0.123. The van der Waals surface area contributed by atoms with Crippen LogP contribution in [0.15, 0.2) is 18.2 Å². The number of benzene rings is 1. The molecule has 0 aliphatic heterocycles. The van der Waals surface area contributed by atoms with Crippen molar-refractivity contribution < 1.29 is 22.8 Å². The Bertz CT molecular complexity index is 435. The molecule has 0 atom stereocenters. The minimum absolute atomic E-state index is 0.0895. The molecule has 8 heteroatoms. The van der Waals surface area contributed by atoms with E-state index < -0.39 is 23.2 Å². The maximum Gasteiger partial charge on any atom is 0.389 e. The molecule has 2 N–H and O–H groups in total. The largest absolute Gasteiger partial charge is 0.487 e. The third-order valence-corrected chi connectivity index (χ3v) is 2.07. The van der Waals surface area contributed by atoms with Gasteiger partial charge in [-0.05, 0) is 18.6 Å². The lowest BCUT2D eigenvalue weighted by atomic mass is 10.2. The summed E-state index contributed by atoms with van der Waals surface area (Å²) in [7, 11) is 0. The predicted octanol–water partition coefficient (Wildman–Crippen LogP) is 2.90. The van der Waals surface area contributed by atoms with Gasteiger partial charge in [0.05, 0.1) is 11.5 Å². The van der Waals surface area contributed by atoms with Crippen LogP contribution in [0.5, 0.6) is 5.75 Å². The van der Waals surface area contributed by atoms with Crippen molar-refractivity contribution in [1.82, 2.24) is 0 Å². The smallest absolute Gasteiger partial charge is 0.389 e. The van der Waals surface area contributed by atoms with Crippen molar-refractivity contribution in [1.29, 1.82) is 0 Å². The van der Waals surface area contributed by atoms with Gasteiger partial charge in [0.25, 0.3) is 0 Å². The zero-order valence-electron chi connectivity index (χ0n) is 9.24. The molecule has 0 heterocycles. The number of para-hydroxylation sites is 1. The molecule has 0 saturated heterocycles. The van der Waals surface area contributed by atoms with Gasteiger partial charge >= 0.3 is 11.9 Å². The van der Waals surface area contributed by atoms with Gasteiger partial charge < -0.3 is 10.5 Å². The molecular formula is C10H11F3N2O3. The lowest BCUT2D eigenvalue weighted by molar-refractivity contribution is -0.384. The lowest BCUT2D eigenvalue weighted by Crippen LogP contribution is -2.10. The summed E-state index contributed by atoms with van der Waals surface area (Å²) < 4.78 is 40.6. The van der Waals surface area contributed by atoms with E-state index in [1.165, 1.54) is 18.2 Å². The van der Waals surface area contributed by atoms with Gasteiger partial charge in [-0.3, -0.25) is 10.1 Å². The Labute approximate surface area is 100 Å². The first-order valence-corrected chi connectivity index (χ1v) is 5.03. The highest BCUT2D eigenvalue weighted by Gasteiger charge is 2.26. The van der Waals surface area contributed by atoms with Crippen molar-refractivity contribution in [3.05, 3.63) is 28.3 Å². The fourth-order valence-electron chi connectivity index (χ4n) is 1.31. The number of alkyl halides is 3. The lowest BCUT2D eigenvalue weighted by Gasteiger charge is -2.09. The number of hydrogen-bond acceptors (Lipinski definition) is 4. The summed E-state index contributed by atoms with van der Waals surface area (Å²) in [6, 6.07) is 4.05. The molecule has 0 unspecified atom stereocenters. The Morgan fingerprint density at radius 2 is 2.06 bits per heavy atom. The molecule has 0 aliphatic carbocycles. The first-order valence-electron chi connectivity index (χ1n) is 5.03. The molecular weight excluding hydrogens is 253 g/mol. The van der Waals surface area contributed by atoms with Crippen LogP contribution < -0.4 is 10.5 Å². The van der Waals surface area contributed by atoms with E-state index in [1.54, 1.807) is 0 Å². The second-order valence-corrected chi connectivity index (χ2v) is 3.52. The number of nitrogens with two attached hydrogens (primary N) is 1. The normalized spacial score (nSPS) is 11.3. The van der Waals surface area contributed by atoms with Crippen LogP contribution in [0.2, 0.25) is 0 Å². The highest BCUT2D eigenvalue weighted by Crippen LogP contribution is 2.32. The van der Waals surface area contributed by atoms with E-state index in [1.807, 2.05) is 0 Å². The van der Waals surface area contributed by atoms with Crippen LogP contribution in [0, 0.1) is 10.1 Å². The summed E-state index contributed by atoms with van der Waals surface area (Å²) in [6.45, 7) is -0.260. The quantitative estimate of drug-likeness (QED) is 0.384. The molecule has 0 amide bonds. The topological polar surface area (TPSA) is 78.4 Å². The maximum atomic E-state index is 11.9. The highest BCUT2D eigenvalue weighted by molar-refractivity contribution is 5.65. The fraction of sp³-hybridized carbons (Fsp3) is 0.400. The Morgan fingerprint density at radius 3 is 2.61 bits per heavy atom. The average molecular weight is 264 g/mol. The van der Waals surface area contributed by atoms with E-state index in [-0.39, 0.29) is 24.5 Å². The number of nitrogens with zero attached hydrogens (tertiary/aromatic N) is 1. The standard InChI is InChI=1S/C10H11F3N2O3/c11-10(12,13)5-2-6-18-8-4-1-3-7(14)9(8)15(16)17/h1,3-4H,2,5-6,14H2. The summed E-state index contributed by atoms with van der Waals surface area (Å²) in [4.78, 5) is 9.97. The molecule has 5 nitrogen and oxygen atoms in total. The molecule has 1 aromatic carbocycles. The van der Waals surface area contributed by atoms with Crippen molar-refractivity contribution >= 4 is 11.4 Å². The first-order chi connectivity index (χ1) is 8.31. The molecule has 0 aliphatic rings. The number of nitrogen functional groups attached to an aromatic ring is 1. The zero-order chi connectivity index (χ0) is 13.8. The second kappa shape index (κ2) is 5.56. The summed E-state index contributed by atoms with van der Waals surface area (Å²) >= 11 is 0. The van der Waals surface area contributed by atoms with Crippen LogP contribution in [-0.4, -0.2) is 17.7 Å². The van der Waals surface area contributed by atoms with Gasteiger partial charge in [0.2, 0.25) is 0 Å². The highest BCUT2D eigenvalue weighted by atomic mass is 19.4. The fourth-order valence-corrected chi connectivity index (χ4v) is 1.31. The van der Waals surface area contributed by atoms with E-state index in [2.05, 4.69) is 0 Å². The van der Waals surface area contributed by atoms with E-state index in [0.29, 0.717) is 0 Å². The molecule has 100 valence electrons. The number of ether oxygens (including phenoxy) is 1. The maximum absolute atomic E-state index is 11.9. The SMILES string of the molecule is Nc1cccc(OCCCC(F)(F)F)c1[N+](=O)[O-]. The minimum Gasteiger partial charge on any atom is -0.487 e. The van der Waals surface area contributed by atoms with Gasteiger partial charge in [0, 0.05) is 6.42 Å². The Kier molecular flexibility index (Phi) is 4.35. The van der Waals surface area contributed by atoms with Gasteiger partial charge in [0.1, 0.15) is 5.69 Å². The van der Waals surface area contributed by atoms with Crippen LogP contribution in [-0.2, 0) is 0 Å². The molecule has 0 bridgehead atoms. The average Bonchev–Trinajstić information content (AvgIpc) is 2.22. The van der Waals surface area contributed by atoms with Gasteiger partial charge in [-0.15, -0.1) is 0 Å². The molecule has 0 fully saturated rings. The van der Waals surface area contributed by atoms with Crippen molar-refractivity contribution in [2.45, 2.75) is 19.0 Å². The van der Waals surface area contributed by atoms with Gasteiger partial charge in [-0.1, -0.05) is 6.07 Å². The molecule has 0 spiro atoms. The van der Waals surface area contributed by atoms with E-state index >= 15 is 0 Å². The van der Waals surface area contributed by atoms with Crippen molar-refractivity contribution in [3.63, 3.8) is 0 Å². The number of halogens is 3. The van der Waals surface area contributed by atoms with Gasteiger partial charge in [-0.2, -0.15) is 13.2 Å². The summed E-state index contributed by atoms with van der Waals surface area (Å²) in [6.07, 6.45) is -5.52. The van der Waals surface area contributed by atoms with Crippen molar-refractivity contribution in [3.8, 4) is 5.75 Å². The zero-order valence-corrected chi connectivity index (χ0v) is 9.24. The third-order valence-electron chi connectivity index (χ3n) is 2.07. The Morgan fingerprint density at radius 1 is 1.39 bits per heavy atom. The van der Waals surface area contributed by atoms with E-state index in [9.17, 15) is 23.3 Å². The minimum atomic E-state index is -4.26. The molecule has 1 aromatic rings. The van der Waals surface area contributed by atoms with Crippen LogP contribution >= 0.6 is 0 Å². The molecule has 18 heavy (non-hydrogen) atoms. The van der Waals surface area contributed by atoms with Crippen molar-refractivity contribution in [2.75, 3.05) is 12.3 Å². The number of hydrogen-bond donors (Lipinski definition) is 1. The van der Waals surface area contributed by atoms with E-state index in [4.69, 9.17) is 10.5 Å². The van der Waals surface area contributed by atoms with Gasteiger partial charge in [0.15, 0.2) is 5.75 Å². The van der Waals surface area contributed by atoms with Crippen LogP contribution in [0.25, 0.3) is 0 Å². The third kappa shape index (κ3) is 4.11. The van der Waals surface area contributed by atoms with Crippen LogP contribution in [0.4, 0.5) is 24.5 Å². The molecule has 1 rings (SSSR count). The molecule has 0 radical (unpaired) electrons. The summed E-state index contributed by atoms with van der Waals surface area (Å²) in [5.41, 5.74) is 4.88. The van der Waals surface area contributed by atoms with Crippen LogP contribution in [0.3, 0.4) is 0 Å². The van der Waals surface area contributed by atoms with Crippen LogP contribution in [0.1, 0.15) is 12.8 Å². The first kappa shape index (κ1) is 14.1.